The number of benzene rings is 1. The van der Waals surface area contributed by atoms with E-state index in [1.54, 1.807) is 13.3 Å². The Hall–Kier alpha value is -3.40. The van der Waals surface area contributed by atoms with Crippen LogP contribution >= 0.6 is 0 Å². The molecule has 10 heteroatoms. The highest BCUT2D eigenvalue weighted by atomic mass is 16.5. The molecule has 1 saturated heterocycles. The number of methoxy groups -OCH3 is 1. The summed E-state index contributed by atoms with van der Waals surface area (Å²) in [5.41, 5.74) is 1.72. The number of imidazole rings is 1. The van der Waals surface area contributed by atoms with E-state index in [2.05, 4.69) is 18.9 Å². The topological polar surface area (TPSA) is 106 Å². The van der Waals surface area contributed by atoms with Crippen LogP contribution in [-0.4, -0.2) is 85.6 Å². The molecule has 1 fully saturated rings. The van der Waals surface area contributed by atoms with Crippen LogP contribution in [-0.2, 0) is 17.8 Å². The standard InChI is InChI=1S/C27H38N6O4/c1-20(2)16-33(22-15-21(17-30(19-22)27(35)36)18-31-12-8-11-28-31)26(34)25-29-23-9-4-5-10-24(23)32(25)13-6-7-14-37-3/h4-5,8-12,20-22H,6-7,13-19H2,1-3H3,(H,35,36)/t21-,22+/m1/s1. The van der Waals surface area contributed by atoms with Gasteiger partial charge in [0.25, 0.3) is 5.91 Å². The van der Waals surface area contributed by atoms with Crippen LogP contribution < -0.4 is 0 Å². The fraction of sp³-hybridized carbons (Fsp3) is 0.556. The number of fused-ring (bicyclic) bond motifs is 1. The second-order valence-electron chi connectivity index (χ2n) is 10.3. The number of piperidine rings is 1. The zero-order valence-corrected chi connectivity index (χ0v) is 22.0. The average Bonchev–Trinajstić information content (AvgIpc) is 3.52. The van der Waals surface area contributed by atoms with Crippen LogP contribution in [0.25, 0.3) is 11.0 Å². The van der Waals surface area contributed by atoms with E-state index in [1.807, 2.05) is 50.7 Å². The first-order valence-corrected chi connectivity index (χ1v) is 13.1. The largest absolute Gasteiger partial charge is 0.465 e. The zero-order chi connectivity index (χ0) is 26.4. The Labute approximate surface area is 217 Å². The van der Waals surface area contributed by atoms with E-state index in [0.29, 0.717) is 45.0 Å². The summed E-state index contributed by atoms with van der Waals surface area (Å²) in [6.45, 7) is 7.33. The fourth-order valence-corrected chi connectivity index (χ4v) is 5.26. The number of hydrogen-bond acceptors (Lipinski definition) is 5. The van der Waals surface area contributed by atoms with Crippen LogP contribution in [0.15, 0.2) is 42.7 Å². The second-order valence-corrected chi connectivity index (χ2v) is 10.3. The molecule has 200 valence electrons. The molecule has 2 atom stereocenters. The Morgan fingerprint density at radius 3 is 2.70 bits per heavy atom. The van der Waals surface area contributed by atoms with Crippen LogP contribution in [0.2, 0.25) is 0 Å². The third-order valence-corrected chi connectivity index (χ3v) is 6.88. The van der Waals surface area contributed by atoms with Gasteiger partial charge in [0.2, 0.25) is 0 Å². The van der Waals surface area contributed by atoms with Crippen molar-refractivity contribution in [2.75, 3.05) is 33.4 Å². The van der Waals surface area contributed by atoms with Crippen molar-refractivity contribution in [2.24, 2.45) is 11.8 Å². The van der Waals surface area contributed by atoms with Gasteiger partial charge in [-0.3, -0.25) is 9.48 Å². The Kier molecular flexibility index (Phi) is 8.81. The molecular formula is C27H38N6O4. The lowest BCUT2D eigenvalue weighted by atomic mass is 9.92. The number of aromatic nitrogens is 4. The highest BCUT2D eigenvalue weighted by molar-refractivity contribution is 5.95. The van der Waals surface area contributed by atoms with Gasteiger partial charge in [0.05, 0.1) is 17.1 Å². The number of likely N-dealkylation sites (tertiary alicyclic amines) is 1. The lowest BCUT2D eigenvalue weighted by Gasteiger charge is -2.42. The summed E-state index contributed by atoms with van der Waals surface area (Å²) in [5, 5.41) is 14.2. The number of carbonyl (C=O) groups excluding carboxylic acids is 1. The van der Waals surface area contributed by atoms with Crippen molar-refractivity contribution >= 4 is 23.0 Å². The molecule has 3 heterocycles. The summed E-state index contributed by atoms with van der Waals surface area (Å²) in [6, 6.07) is 9.42. The van der Waals surface area contributed by atoms with Crippen LogP contribution in [0, 0.1) is 11.8 Å². The molecule has 1 N–H and O–H groups in total. The molecule has 0 bridgehead atoms. The highest BCUT2D eigenvalue weighted by Gasteiger charge is 2.37. The van der Waals surface area contributed by atoms with Crippen molar-refractivity contribution in [3.63, 3.8) is 0 Å². The predicted octanol–water partition coefficient (Wildman–Crippen LogP) is 3.83. The van der Waals surface area contributed by atoms with E-state index in [1.165, 1.54) is 4.90 Å². The van der Waals surface area contributed by atoms with Crippen LogP contribution in [0.3, 0.4) is 0 Å². The van der Waals surface area contributed by atoms with E-state index in [0.717, 1.165) is 23.9 Å². The fourth-order valence-electron chi connectivity index (χ4n) is 5.26. The number of unbranched alkanes of at least 4 members (excludes halogenated alkanes) is 1. The van der Waals surface area contributed by atoms with Crippen LogP contribution in [0.5, 0.6) is 0 Å². The molecule has 4 rings (SSSR count). The normalized spacial score (nSPS) is 18.0. The number of ether oxygens (including phenoxy) is 1. The van der Waals surface area contributed by atoms with Crippen LogP contribution in [0.1, 0.15) is 43.7 Å². The molecule has 1 aliphatic rings. The van der Waals surface area contributed by atoms with Crippen molar-refractivity contribution in [1.29, 1.82) is 0 Å². The lowest BCUT2D eigenvalue weighted by Crippen LogP contribution is -2.55. The maximum absolute atomic E-state index is 14.2. The summed E-state index contributed by atoms with van der Waals surface area (Å²) in [7, 11) is 1.69. The molecule has 0 saturated carbocycles. The molecule has 0 spiro atoms. The molecule has 1 aromatic carbocycles. The minimum absolute atomic E-state index is 0.0464. The SMILES string of the molecule is COCCCCn1c(C(=O)N(CC(C)C)[C@H]2C[C@@H](Cn3cccn3)CN(C(=O)O)C2)nc2ccccc21. The molecule has 0 aliphatic carbocycles. The number of nitrogens with zero attached hydrogens (tertiary/aromatic N) is 6. The van der Waals surface area contributed by atoms with E-state index in [9.17, 15) is 14.7 Å². The average molecular weight is 511 g/mol. The first kappa shape index (κ1) is 26.7. The molecule has 10 nitrogen and oxygen atoms in total. The van der Waals surface area contributed by atoms with Crippen molar-refractivity contribution < 1.29 is 19.4 Å². The Bertz CT molecular complexity index is 1170. The number of hydrogen-bond donors (Lipinski definition) is 1. The number of rotatable bonds is 11. The number of carbonyl (C=O) groups is 2. The molecule has 1 aliphatic heterocycles. The minimum atomic E-state index is -0.961. The van der Waals surface area contributed by atoms with E-state index >= 15 is 0 Å². The van der Waals surface area contributed by atoms with Crippen molar-refractivity contribution in [3.05, 3.63) is 48.5 Å². The molecule has 2 amide bonds. The van der Waals surface area contributed by atoms with Gasteiger partial charge in [-0.1, -0.05) is 26.0 Å². The molecular weight excluding hydrogens is 472 g/mol. The minimum Gasteiger partial charge on any atom is -0.465 e. The molecule has 0 unspecified atom stereocenters. The van der Waals surface area contributed by atoms with Gasteiger partial charge in [-0.15, -0.1) is 0 Å². The van der Waals surface area contributed by atoms with Gasteiger partial charge in [-0.05, 0) is 49.3 Å². The summed E-state index contributed by atoms with van der Waals surface area (Å²) < 4.78 is 9.05. The lowest BCUT2D eigenvalue weighted by molar-refractivity contribution is 0.0371. The molecule has 3 aromatic rings. The molecule has 0 radical (unpaired) electrons. The Morgan fingerprint density at radius 2 is 2.00 bits per heavy atom. The first-order valence-electron chi connectivity index (χ1n) is 13.1. The van der Waals surface area contributed by atoms with Gasteiger partial charge in [-0.2, -0.15) is 5.10 Å². The Balaban J connectivity index is 1.65. The zero-order valence-electron chi connectivity index (χ0n) is 22.0. The maximum Gasteiger partial charge on any atom is 0.407 e. The summed E-state index contributed by atoms with van der Waals surface area (Å²) in [5.74, 6) is 0.528. The number of aryl methyl sites for hydroxylation is 1. The second kappa shape index (κ2) is 12.2. The summed E-state index contributed by atoms with van der Waals surface area (Å²) >= 11 is 0. The summed E-state index contributed by atoms with van der Waals surface area (Å²) in [6.07, 6.45) is 5.10. The van der Waals surface area contributed by atoms with Gasteiger partial charge in [0.15, 0.2) is 5.82 Å². The first-order chi connectivity index (χ1) is 17.9. The van der Waals surface area contributed by atoms with E-state index < -0.39 is 6.09 Å². The monoisotopic (exact) mass is 510 g/mol. The number of amides is 2. The number of carboxylic acid groups (broad SMARTS) is 1. The van der Waals surface area contributed by atoms with Gasteiger partial charge < -0.3 is 24.2 Å². The van der Waals surface area contributed by atoms with Gasteiger partial charge in [0, 0.05) is 58.8 Å². The van der Waals surface area contributed by atoms with E-state index in [-0.39, 0.29) is 30.3 Å². The smallest absolute Gasteiger partial charge is 0.407 e. The van der Waals surface area contributed by atoms with Crippen LogP contribution in [0.4, 0.5) is 4.79 Å². The third-order valence-electron chi connectivity index (χ3n) is 6.88. The van der Waals surface area contributed by atoms with Crippen molar-refractivity contribution in [2.45, 2.75) is 52.2 Å². The Morgan fingerprint density at radius 1 is 1.19 bits per heavy atom. The van der Waals surface area contributed by atoms with Crippen molar-refractivity contribution in [1.82, 2.24) is 29.1 Å². The third kappa shape index (κ3) is 6.49. The molecule has 2 aromatic heterocycles. The van der Waals surface area contributed by atoms with Crippen molar-refractivity contribution in [3.8, 4) is 0 Å². The highest BCUT2D eigenvalue weighted by Crippen LogP contribution is 2.26. The van der Waals surface area contributed by atoms with Gasteiger partial charge in [0.1, 0.15) is 0 Å². The molecule has 37 heavy (non-hydrogen) atoms. The quantitative estimate of drug-likeness (QED) is 0.393. The van der Waals surface area contributed by atoms with Gasteiger partial charge in [-0.25, -0.2) is 9.78 Å². The van der Waals surface area contributed by atoms with E-state index in [4.69, 9.17) is 9.72 Å². The summed E-state index contributed by atoms with van der Waals surface area (Å²) in [4.78, 5) is 34.3. The predicted molar refractivity (Wildman–Crippen MR) is 140 cm³/mol. The maximum atomic E-state index is 14.2. The van der Waals surface area contributed by atoms with Gasteiger partial charge >= 0.3 is 6.09 Å². The number of para-hydroxylation sites is 2.